The van der Waals surface area contributed by atoms with Gasteiger partial charge in [0, 0.05) is 24.2 Å². The van der Waals surface area contributed by atoms with Gasteiger partial charge in [-0.25, -0.2) is 0 Å². The number of halogens is 2. The van der Waals surface area contributed by atoms with E-state index in [0.717, 1.165) is 31.2 Å². The standard InChI is InChI=1S/C25H28F2N2O4/c1-2-32-22-15-17(10-12-21(22)33-25(26)27)11-13-23(30)28-16-18-6-5-9-20(14-18)29-24(31)19-7-3-4-8-19/h5-6,9-15,19,25H,2-4,7-8,16H2,1H3,(H,28,30)(H,29,31)/b13-11+. The fraction of sp³-hybridized carbons (Fsp3) is 0.360. The third kappa shape index (κ3) is 7.59. The summed E-state index contributed by atoms with van der Waals surface area (Å²) in [7, 11) is 0. The van der Waals surface area contributed by atoms with E-state index in [2.05, 4.69) is 15.4 Å². The minimum Gasteiger partial charge on any atom is -0.490 e. The Labute approximate surface area is 192 Å². The normalized spacial score (nSPS) is 13.9. The maximum absolute atomic E-state index is 12.5. The molecule has 2 N–H and O–H groups in total. The van der Waals surface area contributed by atoms with Crippen LogP contribution < -0.4 is 20.1 Å². The highest BCUT2D eigenvalue weighted by atomic mass is 19.3. The number of rotatable bonds is 10. The number of alkyl halides is 2. The number of anilines is 1. The monoisotopic (exact) mass is 458 g/mol. The first-order chi connectivity index (χ1) is 15.9. The van der Waals surface area contributed by atoms with E-state index in [1.54, 1.807) is 19.1 Å². The molecular weight excluding hydrogens is 430 g/mol. The van der Waals surface area contributed by atoms with Gasteiger partial charge in [-0.05, 0) is 61.2 Å². The molecular formula is C25H28F2N2O4. The third-order valence-corrected chi connectivity index (χ3v) is 5.30. The van der Waals surface area contributed by atoms with Crippen molar-refractivity contribution in [2.75, 3.05) is 11.9 Å². The van der Waals surface area contributed by atoms with Gasteiger partial charge in [-0.15, -0.1) is 0 Å². The van der Waals surface area contributed by atoms with Crippen molar-refractivity contribution in [1.82, 2.24) is 5.32 Å². The summed E-state index contributed by atoms with van der Waals surface area (Å²) in [6, 6.07) is 11.8. The highest BCUT2D eigenvalue weighted by Crippen LogP contribution is 2.30. The molecule has 6 nitrogen and oxygen atoms in total. The first kappa shape index (κ1) is 24.2. The van der Waals surface area contributed by atoms with Crippen LogP contribution in [0, 0.1) is 5.92 Å². The predicted molar refractivity (Wildman–Crippen MR) is 122 cm³/mol. The summed E-state index contributed by atoms with van der Waals surface area (Å²) in [5.74, 6) is -0.0720. The molecule has 1 fully saturated rings. The summed E-state index contributed by atoms with van der Waals surface area (Å²) < 4.78 is 34.8. The molecule has 3 rings (SSSR count). The zero-order chi connectivity index (χ0) is 23.6. The Morgan fingerprint density at radius 2 is 1.91 bits per heavy atom. The fourth-order valence-electron chi connectivity index (χ4n) is 3.70. The molecule has 0 aliphatic heterocycles. The second kappa shape index (κ2) is 12.0. The van der Waals surface area contributed by atoms with Crippen molar-refractivity contribution in [2.45, 2.75) is 45.8 Å². The maximum Gasteiger partial charge on any atom is 0.387 e. The van der Waals surface area contributed by atoms with Crippen molar-refractivity contribution in [3.05, 3.63) is 59.7 Å². The van der Waals surface area contributed by atoms with Gasteiger partial charge in [-0.2, -0.15) is 8.78 Å². The molecule has 2 aromatic carbocycles. The van der Waals surface area contributed by atoms with E-state index >= 15 is 0 Å². The molecule has 0 saturated heterocycles. The zero-order valence-electron chi connectivity index (χ0n) is 18.5. The number of amides is 2. The number of carbonyl (C=O) groups is 2. The Kier molecular flexibility index (Phi) is 8.80. The van der Waals surface area contributed by atoms with Gasteiger partial charge in [0.15, 0.2) is 11.5 Å². The van der Waals surface area contributed by atoms with Crippen molar-refractivity contribution in [3.63, 3.8) is 0 Å². The lowest BCUT2D eigenvalue weighted by Crippen LogP contribution is -2.21. The lowest BCUT2D eigenvalue weighted by atomic mass is 10.1. The van der Waals surface area contributed by atoms with Crippen LogP contribution in [0.3, 0.4) is 0 Å². The van der Waals surface area contributed by atoms with Gasteiger partial charge in [0.05, 0.1) is 6.61 Å². The van der Waals surface area contributed by atoms with Crippen LogP contribution in [-0.4, -0.2) is 25.0 Å². The van der Waals surface area contributed by atoms with Crippen molar-refractivity contribution >= 4 is 23.6 Å². The van der Waals surface area contributed by atoms with E-state index in [1.165, 1.54) is 18.2 Å². The first-order valence-electron chi connectivity index (χ1n) is 11.0. The Morgan fingerprint density at radius 1 is 1.12 bits per heavy atom. The number of nitrogens with one attached hydrogen (secondary N) is 2. The molecule has 0 radical (unpaired) electrons. The molecule has 2 aromatic rings. The number of ether oxygens (including phenoxy) is 2. The number of hydrogen-bond acceptors (Lipinski definition) is 4. The van der Waals surface area contributed by atoms with Gasteiger partial charge in [-0.1, -0.05) is 31.0 Å². The minimum atomic E-state index is -2.95. The van der Waals surface area contributed by atoms with E-state index in [1.807, 2.05) is 24.3 Å². The Morgan fingerprint density at radius 3 is 2.64 bits per heavy atom. The summed E-state index contributed by atoms with van der Waals surface area (Å²) in [6.45, 7) is -0.641. The van der Waals surface area contributed by atoms with Crippen LogP contribution in [0.1, 0.15) is 43.7 Å². The summed E-state index contributed by atoms with van der Waals surface area (Å²) in [4.78, 5) is 24.5. The van der Waals surface area contributed by atoms with Crippen molar-refractivity contribution < 1.29 is 27.8 Å². The van der Waals surface area contributed by atoms with Crippen LogP contribution in [-0.2, 0) is 16.1 Å². The van der Waals surface area contributed by atoms with Crippen molar-refractivity contribution in [2.24, 2.45) is 5.92 Å². The van der Waals surface area contributed by atoms with Crippen molar-refractivity contribution in [1.29, 1.82) is 0 Å². The van der Waals surface area contributed by atoms with Gasteiger partial charge in [0.25, 0.3) is 0 Å². The topological polar surface area (TPSA) is 76.7 Å². The summed E-state index contributed by atoms with van der Waals surface area (Å²) in [6.07, 6.45) is 6.97. The van der Waals surface area contributed by atoms with E-state index in [9.17, 15) is 18.4 Å². The lowest BCUT2D eigenvalue weighted by molar-refractivity contribution is -0.119. The summed E-state index contributed by atoms with van der Waals surface area (Å²) in [5.41, 5.74) is 2.17. The maximum atomic E-state index is 12.5. The van der Waals surface area contributed by atoms with Gasteiger partial charge >= 0.3 is 6.61 Å². The van der Waals surface area contributed by atoms with Gasteiger partial charge in [-0.3, -0.25) is 9.59 Å². The van der Waals surface area contributed by atoms with Gasteiger partial charge < -0.3 is 20.1 Å². The SMILES string of the molecule is CCOc1cc(/C=C/C(=O)NCc2cccc(NC(=O)C3CCCC3)c2)ccc1OC(F)F. The molecule has 2 amide bonds. The highest BCUT2D eigenvalue weighted by Gasteiger charge is 2.22. The van der Waals surface area contributed by atoms with Crippen molar-refractivity contribution in [3.8, 4) is 11.5 Å². The number of carbonyl (C=O) groups excluding carboxylic acids is 2. The summed E-state index contributed by atoms with van der Waals surface area (Å²) >= 11 is 0. The molecule has 0 aromatic heterocycles. The molecule has 0 atom stereocenters. The Hall–Kier alpha value is -3.42. The third-order valence-electron chi connectivity index (χ3n) is 5.30. The first-order valence-corrected chi connectivity index (χ1v) is 11.0. The van der Waals surface area contributed by atoms with Crippen LogP contribution >= 0.6 is 0 Å². The average Bonchev–Trinajstić information content (AvgIpc) is 3.33. The molecule has 1 aliphatic carbocycles. The quantitative estimate of drug-likeness (QED) is 0.483. The molecule has 0 spiro atoms. The largest absolute Gasteiger partial charge is 0.490 e. The molecule has 0 heterocycles. The highest BCUT2D eigenvalue weighted by molar-refractivity contribution is 5.93. The van der Waals surface area contributed by atoms with Crippen LogP contribution in [0.15, 0.2) is 48.5 Å². The lowest BCUT2D eigenvalue weighted by Gasteiger charge is -2.12. The predicted octanol–water partition coefficient (Wildman–Crippen LogP) is 5.15. The van der Waals surface area contributed by atoms with Gasteiger partial charge in [0.2, 0.25) is 11.8 Å². The molecule has 8 heteroatoms. The average molecular weight is 459 g/mol. The van der Waals surface area contributed by atoms with E-state index in [0.29, 0.717) is 17.8 Å². The molecule has 1 aliphatic rings. The number of benzene rings is 2. The fourth-order valence-corrected chi connectivity index (χ4v) is 3.70. The van der Waals surface area contributed by atoms with Crippen LogP contribution in [0.25, 0.3) is 6.08 Å². The smallest absolute Gasteiger partial charge is 0.387 e. The minimum absolute atomic E-state index is 0.0491. The Bertz CT molecular complexity index is 988. The second-order valence-corrected chi connectivity index (χ2v) is 7.74. The molecule has 0 bridgehead atoms. The van der Waals surface area contributed by atoms with Gasteiger partial charge in [0.1, 0.15) is 0 Å². The molecule has 33 heavy (non-hydrogen) atoms. The summed E-state index contributed by atoms with van der Waals surface area (Å²) in [5, 5.41) is 5.74. The van der Waals surface area contributed by atoms with E-state index in [4.69, 9.17) is 4.74 Å². The van der Waals surface area contributed by atoms with Crippen LogP contribution in [0.4, 0.5) is 14.5 Å². The van der Waals surface area contributed by atoms with Crippen LogP contribution in [0.2, 0.25) is 0 Å². The Balaban J connectivity index is 1.54. The zero-order valence-corrected chi connectivity index (χ0v) is 18.5. The second-order valence-electron chi connectivity index (χ2n) is 7.74. The number of hydrogen-bond donors (Lipinski definition) is 2. The molecule has 1 saturated carbocycles. The van der Waals surface area contributed by atoms with E-state index in [-0.39, 0.29) is 35.8 Å². The van der Waals surface area contributed by atoms with Crippen LogP contribution in [0.5, 0.6) is 11.5 Å². The van der Waals surface area contributed by atoms with E-state index < -0.39 is 6.61 Å². The molecule has 0 unspecified atom stereocenters. The molecule has 176 valence electrons.